The molecule has 0 aliphatic carbocycles. The highest BCUT2D eigenvalue weighted by Gasteiger charge is 2.39. The summed E-state index contributed by atoms with van der Waals surface area (Å²) in [5.74, 6) is -4.86. The van der Waals surface area contributed by atoms with E-state index in [9.17, 15) is 24.0 Å². The van der Waals surface area contributed by atoms with Crippen molar-refractivity contribution in [1.29, 1.82) is 0 Å². The first-order chi connectivity index (χ1) is 14.0. The molecule has 0 aromatic rings. The molecule has 0 bridgehead atoms. The van der Waals surface area contributed by atoms with Gasteiger partial charge >= 0.3 is 11.9 Å². The van der Waals surface area contributed by atoms with E-state index in [0.717, 1.165) is 4.90 Å². The highest BCUT2D eigenvalue weighted by molar-refractivity contribution is 5.96. The van der Waals surface area contributed by atoms with E-state index in [4.69, 9.17) is 21.1 Å². The summed E-state index contributed by atoms with van der Waals surface area (Å²) in [6, 6.07) is -4.91. The molecule has 1 fully saturated rings. The number of carboxylic acids is 2. The molecule has 0 aromatic carbocycles. The molecule has 12 heteroatoms. The van der Waals surface area contributed by atoms with Crippen LogP contribution in [0.1, 0.15) is 39.5 Å². The number of likely N-dealkylation sites (tertiary alicyclic amines) is 1. The van der Waals surface area contributed by atoms with Gasteiger partial charge in [0.15, 0.2) is 0 Å². The zero-order chi connectivity index (χ0) is 23.0. The molecule has 1 aliphatic rings. The van der Waals surface area contributed by atoms with Gasteiger partial charge in [0.1, 0.15) is 18.1 Å². The molecule has 0 spiro atoms. The fourth-order valence-electron chi connectivity index (χ4n) is 3.22. The fourth-order valence-corrected chi connectivity index (χ4v) is 3.22. The summed E-state index contributed by atoms with van der Waals surface area (Å²) in [7, 11) is 0. The van der Waals surface area contributed by atoms with E-state index < -0.39 is 66.9 Å². The number of carbonyl (C=O) groups is 5. The number of aliphatic carboxylic acids is 2. The van der Waals surface area contributed by atoms with Crippen molar-refractivity contribution in [3.05, 3.63) is 0 Å². The number of nitrogens with two attached hydrogens (primary N) is 1. The second-order valence-corrected chi connectivity index (χ2v) is 7.67. The van der Waals surface area contributed by atoms with Gasteiger partial charge in [-0.3, -0.25) is 19.2 Å². The van der Waals surface area contributed by atoms with Crippen molar-refractivity contribution in [3.63, 3.8) is 0 Å². The lowest BCUT2D eigenvalue weighted by Crippen LogP contribution is -2.57. The lowest BCUT2D eigenvalue weighted by molar-refractivity contribution is -0.147. The van der Waals surface area contributed by atoms with E-state index in [2.05, 4.69) is 10.6 Å². The molecular formula is C18H30N4O8. The molecule has 7 N–H and O–H groups in total. The second-order valence-electron chi connectivity index (χ2n) is 7.67. The van der Waals surface area contributed by atoms with Crippen molar-refractivity contribution in [2.45, 2.75) is 63.7 Å². The molecule has 4 atom stereocenters. The first kappa shape index (κ1) is 25.3. The minimum Gasteiger partial charge on any atom is -0.481 e. The Morgan fingerprint density at radius 3 is 2.23 bits per heavy atom. The highest BCUT2D eigenvalue weighted by Crippen LogP contribution is 2.20. The van der Waals surface area contributed by atoms with Crippen molar-refractivity contribution in [2.24, 2.45) is 11.7 Å². The molecule has 1 heterocycles. The highest BCUT2D eigenvalue weighted by atomic mass is 16.4. The minimum absolute atomic E-state index is 0.111. The van der Waals surface area contributed by atoms with Crippen molar-refractivity contribution in [1.82, 2.24) is 15.5 Å². The molecule has 30 heavy (non-hydrogen) atoms. The Bertz CT molecular complexity index is 669. The third kappa shape index (κ3) is 7.26. The number of nitrogens with zero attached hydrogens (tertiary/aromatic N) is 1. The van der Waals surface area contributed by atoms with Gasteiger partial charge < -0.3 is 36.6 Å². The standard InChI is InChI=1S/C18H30N4O8/c1-9(2)6-10(19)15(26)20-11(7-14(24)25)17(28)22-5-3-4-13(22)16(27)21-12(8-23)18(29)30/h9-13,23H,3-8,19H2,1-2H3,(H,20,26)(H,21,27)(H,24,25)(H,29,30). The number of carboxylic acid groups (broad SMARTS) is 2. The molecule has 3 amide bonds. The van der Waals surface area contributed by atoms with Gasteiger partial charge in [0.25, 0.3) is 0 Å². The third-order valence-corrected chi connectivity index (χ3v) is 4.69. The number of aliphatic hydroxyl groups is 1. The average Bonchev–Trinajstić information content (AvgIpc) is 3.13. The van der Waals surface area contributed by atoms with Crippen molar-refractivity contribution in [3.8, 4) is 0 Å². The Kier molecular flexibility index (Phi) is 9.66. The Balaban J connectivity index is 2.93. The monoisotopic (exact) mass is 430 g/mol. The lowest BCUT2D eigenvalue weighted by Gasteiger charge is -2.29. The van der Waals surface area contributed by atoms with Crippen molar-refractivity contribution < 1.29 is 39.3 Å². The number of rotatable bonds is 11. The maximum absolute atomic E-state index is 12.9. The van der Waals surface area contributed by atoms with Crippen molar-refractivity contribution >= 4 is 29.7 Å². The number of nitrogens with one attached hydrogen (secondary N) is 2. The average molecular weight is 430 g/mol. The number of amides is 3. The minimum atomic E-state index is -1.53. The number of carbonyl (C=O) groups excluding carboxylic acids is 3. The quantitative estimate of drug-likeness (QED) is 0.212. The number of hydrogen-bond acceptors (Lipinski definition) is 7. The summed E-state index contributed by atoms with van der Waals surface area (Å²) in [4.78, 5) is 61.0. The van der Waals surface area contributed by atoms with Crippen LogP contribution in [0.2, 0.25) is 0 Å². The topological polar surface area (TPSA) is 199 Å². The Morgan fingerprint density at radius 1 is 1.10 bits per heavy atom. The summed E-state index contributed by atoms with van der Waals surface area (Å²) in [5, 5.41) is 31.7. The van der Waals surface area contributed by atoms with Gasteiger partial charge in [-0.15, -0.1) is 0 Å². The van der Waals surface area contributed by atoms with Crippen LogP contribution in [0.25, 0.3) is 0 Å². The van der Waals surface area contributed by atoms with Gasteiger partial charge in [0, 0.05) is 6.54 Å². The lowest BCUT2D eigenvalue weighted by atomic mass is 10.0. The smallest absolute Gasteiger partial charge is 0.328 e. The van der Waals surface area contributed by atoms with Crippen LogP contribution in [0.4, 0.5) is 0 Å². The van der Waals surface area contributed by atoms with E-state index in [1.165, 1.54) is 0 Å². The maximum atomic E-state index is 12.9. The first-order valence-corrected chi connectivity index (χ1v) is 9.70. The van der Waals surface area contributed by atoms with Crippen LogP contribution in [0.15, 0.2) is 0 Å². The largest absolute Gasteiger partial charge is 0.481 e. The van der Waals surface area contributed by atoms with Crippen LogP contribution in [-0.4, -0.2) is 87.2 Å². The van der Waals surface area contributed by atoms with E-state index in [0.29, 0.717) is 12.8 Å². The molecule has 4 unspecified atom stereocenters. The van der Waals surface area contributed by atoms with Crippen LogP contribution in [0, 0.1) is 5.92 Å². The third-order valence-electron chi connectivity index (χ3n) is 4.69. The zero-order valence-electron chi connectivity index (χ0n) is 17.0. The molecular weight excluding hydrogens is 400 g/mol. The van der Waals surface area contributed by atoms with E-state index >= 15 is 0 Å². The van der Waals surface area contributed by atoms with Crippen LogP contribution >= 0.6 is 0 Å². The molecule has 170 valence electrons. The molecule has 0 radical (unpaired) electrons. The summed E-state index contributed by atoms with van der Waals surface area (Å²) in [6.45, 7) is 3.03. The first-order valence-electron chi connectivity index (χ1n) is 9.70. The molecule has 12 nitrogen and oxygen atoms in total. The van der Waals surface area contributed by atoms with Crippen LogP contribution in [-0.2, 0) is 24.0 Å². The molecule has 1 saturated heterocycles. The van der Waals surface area contributed by atoms with Crippen LogP contribution < -0.4 is 16.4 Å². The van der Waals surface area contributed by atoms with Gasteiger partial charge in [-0.1, -0.05) is 13.8 Å². The van der Waals surface area contributed by atoms with Gasteiger partial charge in [-0.05, 0) is 25.2 Å². The molecule has 0 aromatic heterocycles. The van der Waals surface area contributed by atoms with Crippen LogP contribution in [0.3, 0.4) is 0 Å². The molecule has 0 saturated carbocycles. The summed E-state index contributed by atoms with van der Waals surface area (Å²) in [6.07, 6.45) is 0.307. The molecule has 1 rings (SSSR count). The van der Waals surface area contributed by atoms with Gasteiger partial charge in [0.2, 0.25) is 17.7 Å². The van der Waals surface area contributed by atoms with Gasteiger partial charge in [-0.25, -0.2) is 4.79 Å². The summed E-state index contributed by atoms with van der Waals surface area (Å²) >= 11 is 0. The summed E-state index contributed by atoms with van der Waals surface area (Å²) < 4.78 is 0. The van der Waals surface area contributed by atoms with Gasteiger partial charge in [-0.2, -0.15) is 0 Å². The predicted octanol–water partition coefficient (Wildman–Crippen LogP) is -2.13. The normalized spacial score (nSPS) is 19.1. The zero-order valence-corrected chi connectivity index (χ0v) is 17.0. The SMILES string of the molecule is CC(C)CC(N)C(=O)NC(CC(=O)O)C(=O)N1CCCC1C(=O)NC(CO)C(=O)O. The van der Waals surface area contributed by atoms with Crippen LogP contribution in [0.5, 0.6) is 0 Å². The van der Waals surface area contributed by atoms with Gasteiger partial charge in [0.05, 0.1) is 19.1 Å². The summed E-state index contributed by atoms with van der Waals surface area (Å²) in [5.41, 5.74) is 5.80. The Hall–Kier alpha value is -2.73. The van der Waals surface area contributed by atoms with E-state index in [1.807, 2.05) is 13.8 Å². The number of aliphatic hydroxyl groups excluding tert-OH is 1. The Morgan fingerprint density at radius 2 is 1.73 bits per heavy atom. The maximum Gasteiger partial charge on any atom is 0.328 e. The van der Waals surface area contributed by atoms with E-state index in [-0.39, 0.29) is 18.9 Å². The second kappa shape index (κ2) is 11.5. The fraction of sp³-hybridized carbons (Fsp3) is 0.722. The van der Waals surface area contributed by atoms with E-state index in [1.54, 1.807) is 0 Å². The number of hydrogen-bond donors (Lipinski definition) is 6. The Labute approximate surface area is 173 Å². The molecule has 1 aliphatic heterocycles. The van der Waals surface area contributed by atoms with Crippen molar-refractivity contribution in [2.75, 3.05) is 13.2 Å². The predicted molar refractivity (Wildman–Crippen MR) is 103 cm³/mol.